The summed E-state index contributed by atoms with van der Waals surface area (Å²) in [4.78, 5) is 28.7. The van der Waals surface area contributed by atoms with Gasteiger partial charge in [0.15, 0.2) is 5.11 Å². The van der Waals surface area contributed by atoms with Gasteiger partial charge in [0.05, 0.1) is 33.4 Å². The molecule has 0 saturated carbocycles. The molecule has 0 unspecified atom stereocenters. The van der Waals surface area contributed by atoms with Crippen LogP contribution in [0.1, 0.15) is 29.2 Å². The van der Waals surface area contributed by atoms with E-state index in [-0.39, 0.29) is 29.9 Å². The van der Waals surface area contributed by atoms with Crippen molar-refractivity contribution in [3.63, 3.8) is 0 Å². The van der Waals surface area contributed by atoms with Crippen LogP contribution in [0.2, 0.25) is 0 Å². The normalized spacial score (nSPS) is 14.1. The minimum absolute atomic E-state index is 0.190. The van der Waals surface area contributed by atoms with Crippen LogP contribution in [0, 0.1) is 11.3 Å². The molecule has 1 saturated heterocycles. The summed E-state index contributed by atoms with van der Waals surface area (Å²) in [6, 6.07) is 20.6. The maximum atomic E-state index is 13.6. The number of thiocarbonyl (C=S) groups is 1. The van der Waals surface area contributed by atoms with Crippen LogP contribution in [-0.2, 0) is 27.4 Å². The van der Waals surface area contributed by atoms with Gasteiger partial charge in [-0.2, -0.15) is 5.26 Å². The summed E-state index contributed by atoms with van der Waals surface area (Å²) in [5, 5.41) is 9.53. The van der Waals surface area contributed by atoms with Gasteiger partial charge >= 0.3 is 5.97 Å². The zero-order valence-corrected chi connectivity index (χ0v) is 25.1. The third-order valence-electron chi connectivity index (χ3n) is 6.09. The van der Waals surface area contributed by atoms with Crippen LogP contribution < -0.4 is 9.64 Å². The highest BCUT2D eigenvalue weighted by Crippen LogP contribution is 2.37. The molecule has 39 heavy (non-hydrogen) atoms. The predicted molar refractivity (Wildman–Crippen MR) is 160 cm³/mol. The van der Waals surface area contributed by atoms with Gasteiger partial charge in [0.25, 0.3) is 5.91 Å². The number of hydrogen-bond acceptors (Lipinski definition) is 6. The Kier molecular flexibility index (Phi) is 9.17. The summed E-state index contributed by atoms with van der Waals surface area (Å²) < 4.78 is 12.1. The summed E-state index contributed by atoms with van der Waals surface area (Å²) >= 11 is 12.7. The van der Waals surface area contributed by atoms with E-state index in [1.807, 2.05) is 36.4 Å². The van der Waals surface area contributed by atoms with Crippen molar-refractivity contribution >= 4 is 72.8 Å². The molecule has 0 atom stereocenters. The first-order chi connectivity index (χ1) is 18.8. The summed E-state index contributed by atoms with van der Waals surface area (Å²) in [7, 11) is 1.29. The van der Waals surface area contributed by atoms with Gasteiger partial charge in [-0.3, -0.25) is 14.5 Å². The molecular formula is C29H23Br2N3O4S. The van der Waals surface area contributed by atoms with Crippen molar-refractivity contribution in [2.45, 2.75) is 20.0 Å². The first kappa shape index (κ1) is 28.5. The van der Waals surface area contributed by atoms with Gasteiger partial charge in [0.1, 0.15) is 24.6 Å². The third-order valence-corrected chi connectivity index (χ3v) is 7.67. The minimum Gasteiger partial charge on any atom is -0.486 e. The molecule has 0 spiro atoms. The first-order valence-electron chi connectivity index (χ1n) is 11.9. The fraction of sp³-hybridized carbons (Fsp3) is 0.172. The van der Waals surface area contributed by atoms with Crippen LogP contribution >= 0.6 is 44.1 Å². The number of aryl methyl sites for hydroxylation is 1. The van der Waals surface area contributed by atoms with E-state index in [9.17, 15) is 14.9 Å². The van der Waals surface area contributed by atoms with Crippen molar-refractivity contribution in [2.75, 3.05) is 18.6 Å². The molecule has 3 aromatic rings. The smallest absolute Gasteiger partial charge is 0.325 e. The summed E-state index contributed by atoms with van der Waals surface area (Å²) in [6.07, 6.45) is 2.54. The van der Waals surface area contributed by atoms with Gasteiger partial charge in [0.2, 0.25) is 0 Å². The fourth-order valence-corrected chi connectivity index (χ4v) is 5.80. The number of ether oxygens (including phenoxy) is 2. The highest BCUT2D eigenvalue weighted by atomic mass is 79.9. The number of nitrogens with zero attached hydrogens (tertiary/aromatic N) is 3. The molecule has 7 nitrogen and oxygen atoms in total. The Hall–Kier alpha value is -3.52. The summed E-state index contributed by atoms with van der Waals surface area (Å²) in [6.45, 7) is 2.04. The van der Waals surface area contributed by atoms with Crippen LogP contribution in [0.4, 0.5) is 5.69 Å². The molecule has 1 amide bonds. The molecular weight excluding hydrogens is 646 g/mol. The van der Waals surface area contributed by atoms with Crippen molar-refractivity contribution in [3.05, 3.63) is 97.6 Å². The van der Waals surface area contributed by atoms with Gasteiger partial charge in [-0.05, 0) is 98.0 Å². The van der Waals surface area contributed by atoms with Crippen molar-refractivity contribution in [1.29, 1.82) is 5.26 Å². The highest BCUT2D eigenvalue weighted by Gasteiger charge is 2.40. The number of anilines is 1. The quantitative estimate of drug-likeness (QED) is 0.157. The monoisotopic (exact) mass is 667 g/mol. The molecule has 1 fully saturated rings. The second kappa shape index (κ2) is 12.6. The molecule has 1 aliphatic rings. The van der Waals surface area contributed by atoms with E-state index < -0.39 is 5.97 Å². The van der Waals surface area contributed by atoms with E-state index in [1.165, 1.54) is 16.9 Å². The molecule has 1 heterocycles. The number of rotatable bonds is 8. The predicted octanol–water partition coefficient (Wildman–Crippen LogP) is 6.37. The lowest BCUT2D eigenvalue weighted by Crippen LogP contribution is -2.35. The first-order valence-corrected chi connectivity index (χ1v) is 13.9. The van der Waals surface area contributed by atoms with Crippen LogP contribution in [0.25, 0.3) is 6.08 Å². The lowest BCUT2D eigenvalue weighted by Gasteiger charge is -2.19. The maximum absolute atomic E-state index is 13.6. The average molecular weight is 669 g/mol. The van der Waals surface area contributed by atoms with Crippen molar-refractivity contribution in [1.82, 2.24) is 4.90 Å². The number of hydrogen-bond donors (Lipinski definition) is 0. The SMILES string of the molecule is CCc1ccc(N2C(=O)/C(=C/c3cc(Br)c(OCc4ccccc4C#N)c(Br)c3)N(CC(=O)OC)C2=S)cc1. The maximum Gasteiger partial charge on any atom is 0.325 e. The molecule has 0 radical (unpaired) electrons. The largest absolute Gasteiger partial charge is 0.486 e. The zero-order valence-electron chi connectivity index (χ0n) is 21.1. The average Bonchev–Trinajstić information content (AvgIpc) is 3.16. The number of nitriles is 1. The van der Waals surface area contributed by atoms with E-state index in [1.54, 1.807) is 30.3 Å². The van der Waals surface area contributed by atoms with Crippen LogP contribution in [-0.4, -0.2) is 35.5 Å². The van der Waals surface area contributed by atoms with Gasteiger partial charge in [-0.1, -0.05) is 37.3 Å². The fourth-order valence-electron chi connectivity index (χ4n) is 4.00. The van der Waals surface area contributed by atoms with Gasteiger partial charge in [-0.15, -0.1) is 0 Å². The standard InChI is InChI=1S/C29H23Br2N3O4S/c1-3-18-8-10-22(11-9-18)34-28(36)25(33(29(34)39)16-26(35)37-2)14-19-12-23(30)27(24(31)13-19)38-17-21-7-5-4-6-20(21)15-32/h4-14H,3,16-17H2,1-2H3/b25-14-. The number of methoxy groups -OCH3 is 1. The number of carbonyl (C=O) groups is 2. The number of amides is 1. The molecule has 0 bridgehead atoms. The Labute approximate surface area is 248 Å². The number of halogens is 2. The van der Waals surface area contributed by atoms with Crippen molar-refractivity contribution < 1.29 is 19.1 Å². The van der Waals surface area contributed by atoms with Gasteiger partial charge in [-0.25, -0.2) is 0 Å². The lowest BCUT2D eigenvalue weighted by atomic mass is 10.1. The molecule has 0 aromatic heterocycles. The lowest BCUT2D eigenvalue weighted by molar-refractivity contribution is -0.140. The molecule has 1 aliphatic heterocycles. The van der Waals surface area contributed by atoms with E-state index in [2.05, 4.69) is 44.9 Å². The Bertz CT molecular complexity index is 1490. The number of carbonyl (C=O) groups excluding carboxylic acids is 2. The topological polar surface area (TPSA) is 82.9 Å². The second-order valence-electron chi connectivity index (χ2n) is 8.51. The van der Waals surface area contributed by atoms with E-state index in [0.717, 1.165) is 17.5 Å². The van der Waals surface area contributed by atoms with Crippen molar-refractivity contribution in [2.24, 2.45) is 0 Å². The number of esters is 1. The zero-order chi connectivity index (χ0) is 28.1. The summed E-state index contributed by atoms with van der Waals surface area (Å²) in [5.74, 6) is -0.334. The summed E-state index contributed by atoms with van der Waals surface area (Å²) in [5.41, 5.74) is 3.96. The van der Waals surface area contributed by atoms with Gasteiger partial charge < -0.3 is 14.4 Å². The number of benzene rings is 3. The Morgan fingerprint density at radius 2 is 1.77 bits per heavy atom. The molecule has 0 N–H and O–H groups in total. The Morgan fingerprint density at radius 1 is 1.10 bits per heavy atom. The van der Waals surface area contributed by atoms with Crippen LogP contribution in [0.15, 0.2) is 75.3 Å². The molecule has 0 aliphatic carbocycles. The van der Waals surface area contributed by atoms with E-state index >= 15 is 0 Å². The third kappa shape index (κ3) is 6.22. The molecule has 4 rings (SSSR count). The Balaban J connectivity index is 1.66. The van der Waals surface area contributed by atoms with E-state index in [0.29, 0.717) is 31.5 Å². The molecule has 10 heteroatoms. The molecule has 198 valence electrons. The minimum atomic E-state index is -0.525. The highest BCUT2D eigenvalue weighted by molar-refractivity contribution is 9.11. The van der Waals surface area contributed by atoms with Crippen molar-refractivity contribution in [3.8, 4) is 11.8 Å². The van der Waals surface area contributed by atoms with E-state index in [4.69, 9.17) is 21.7 Å². The Morgan fingerprint density at radius 3 is 2.38 bits per heavy atom. The van der Waals surface area contributed by atoms with Gasteiger partial charge in [0, 0.05) is 5.56 Å². The van der Waals surface area contributed by atoms with Crippen LogP contribution in [0.5, 0.6) is 5.75 Å². The van der Waals surface area contributed by atoms with Crippen LogP contribution in [0.3, 0.4) is 0 Å². The second-order valence-corrected chi connectivity index (χ2v) is 10.6. The molecule has 3 aromatic carbocycles.